The Hall–Kier alpha value is -2.35. The lowest BCUT2D eigenvalue weighted by Gasteiger charge is -2.10. The minimum Gasteiger partial charge on any atom is -0.352 e. The predicted molar refractivity (Wildman–Crippen MR) is 94.8 cm³/mol. The summed E-state index contributed by atoms with van der Waals surface area (Å²) in [7, 11) is 0. The zero-order chi connectivity index (χ0) is 17.2. The molecule has 0 bridgehead atoms. The van der Waals surface area contributed by atoms with Crippen LogP contribution in [-0.4, -0.2) is 38.9 Å². The number of thioether (sulfide) groups is 1. The van der Waals surface area contributed by atoms with Gasteiger partial charge in [0.2, 0.25) is 5.91 Å². The Balaban J connectivity index is 1.38. The number of aryl methyl sites for hydroxylation is 1. The number of nitrogens with one attached hydrogen (secondary N) is 2. The molecule has 25 heavy (non-hydrogen) atoms. The summed E-state index contributed by atoms with van der Waals surface area (Å²) in [5.74, 6) is 2.57. The molecule has 7 nitrogen and oxygen atoms in total. The van der Waals surface area contributed by atoms with Gasteiger partial charge in [0.05, 0.1) is 5.69 Å². The Bertz CT molecular complexity index is 832. The third kappa shape index (κ3) is 3.39. The normalized spacial score (nSPS) is 15.9. The van der Waals surface area contributed by atoms with E-state index in [4.69, 9.17) is 0 Å². The molecule has 4 rings (SSSR count). The first-order valence-corrected chi connectivity index (χ1v) is 9.45. The number of hydrogen-bond donors (Lipinski definition) is 2. The van der Waals surface area contributed by atoms with Crippen LogP contribution in [-0.2, 0) is 24.2 Å². The second-order valence-corrected chi connectivity index (χ2v) is 7.29. The highest BCUT2D eigenvalue weighted by Gasteiger charge is 2.18. The largest absolute Gasteiger partial charge is 0.352 e. The van der Waals surface area contributed by atoms with Crippen molar-refractivity contribution >= 4 is 29.3 Å². The highest BCUT2D eigenvalue weighted by atomic mass is 32.2. The van der Waals surface area contributed by atoms with Gasteiger partial charge in [0.15, 0.2) is 0 Å². The van der Waals surface area contributed by atoms with E-state index in [1.165, 1.54) is 0 Å². The molecule has 2 aliphatic heterocycles. The summed E-state index contributed by atoms with van der Waals surface area (Å²) in [5.41, 5.74) is 1.27. The van der Waals surface area contributed by atoms with Gasteiger partial charge in [-0.1, -0.05) is 0 Å². The van der Waals surface area contributed by atoms with Crippen LogP contribution >= 0.6 is 11.8 Å². The Morgan fingerprint density at radius 3 is 3.16 bits per heavy atom. The van der Waals surface area contributed by atoms with E-state index in [1.54, 1.807) is 23.9 Å². The van der Waals surface area contributed by atoms with Crippen LogP contribution in [0.25, 0.3) is 0 Å². The fourth-order valence-electron chi connectivity index (χ4n) is 3.15. The van der Waals surface area contributed by atoms with Gasteiger partial charge in [-0.15, -0.1) is 22.0 Å². The van der Waals surface area contributed by atoms with Crippen molar-refractivity contribution in [3.63, 3.8) is 0 Å². The van der Waals surface area contributed by atoms with E-state index in [0.29, 0.717) is 24.9 Å². The average molecular weight is 357 g/mol. The van der Waals surface area contributed by atoms with Crippen LogP contribution in [0.5, 0.6) is 0 Å². The Labute approximate surface area is 149 Å². The summed E-state index contributed by atoms with van der Waals surface area (Å²) in [6.07, 6.45) is 3.25. The van der Waals surface area contributed by atoms with E-state index in [0.717, 1.165) is 47.4 Å². The van der Waals surface area contributed by atoms with Crippen LogP contribution in [0, 0.1) is 0 Å². The molecule has 2 N–H and O–H groups in total. The average Bonchev–Trinajstić information content (AvgIpc) is 3.15. The third-order valence-corrected chi connectivity index (χ3v) is 5.50. The number of carbonyl (C=O) groups excluding carboxylic acids is 2. The maximum Gasteiger partial charge on any atom is 0.251 e. The molecule has 0 unspecified atom stereocenters. The maximum absolute atomic E-state index is 12.4. The topological polar surface area (TPSA) is 88.9 Å². The molecule has 0 fully saturated rings. The number of benzene rings is 1. The quantitative estimate of drug-likeness (QED) is 0.868. The van der Waals surface area contributed by atoms with E-state index in [2.05, 4.69) is 25.4 Å². The zero-order valence-corrected chi connectivity index (χ0v) is 14.6. The molecular weight excluding hydrogens is 338 g/mol. The van der Waals surface area contributed by atoms with Crippen molar-refractivity contribution < 1.29 is 9.59 Å². The van der Waals surface area contributed by atoms with Gasteiger partial charge in [0.25, 0.3) is 5.91 Å². The van der Waals surface area contributed by atoms with Crippen LogP contribution in [0.1, 0.15) is 34.8 Å². The number of amides is 2. The number of anilines is 1. The summed E-state index contributed by atoms with van der Waals surface area (Å²) in [6, 6.07) is 5.44. The molecule has 2 aliphatic rings. The molecule has 0 spiro atoms. The van der Waals surface area contributed by atoms with Gasteiger partial charge in [0.1, 0.15) is 11.6 Å². The zero-order valence-electron chi connectivity index (χ0n) is 13.7. The first kappa shape index (κ1) is 16.1. The first-order chi connectivity index (χ1) is 12.2. The van der Waals surface area contributed by atoms with Gasteiger partial charge < -0.3 is 15.2 Å². The van der Waals surface area contributed by atoms with Crippen molar-refractivity contribution in [2.75, 3.05) is 17.6 Å². The minimum atomic E-state index is -0.146. The third-order valence-electron chi connectivity index (χ3n) is 4.42. The van der Waals surface area contributed by atoms with E-state index >= 15 is 0 Å². The maximum atomic E-state index is 12.4. The van der Waals surface area contributed by atoms with E-state index < -0.39 is 0 Å². The van der Waals surface area contributed by atoms with Crippen LogP contribution < -0.4 is 10.6 Å². The van der Waals surface area contributed by atoms with Crippen molar-refractivity contribution in [2.24, 2.45) is 0 Å². The monoisotopic (exact) mass is 357 g/mol. The van der Waals surface area contributed by atoms with Gasteiger partial charge in [-0.05, 0) is 24.6 Å². The fourth-order valence-corrected chi connectivity index (χ4v) is 4.08. The van der Waals surface area contributed by atoms with Crippen LogP contribution in [0.2, 0.25) is 0 Å². The summed E-state index contributed by atoms with van der Waals surface area (Å²) in [5, 5.41) is 14.2. The van der Waals surface area contributed by atoms with E-state index in [9.17, 15) is 9.59 Å². The van der Waals surface area contributed by atoms with Gasteiger partial charge in [0, 0.05) is 48.6 Å². The Morgan fingerprint density at radius 1 is 1.32 bits per heavy atom. The molecule has 1 aromatic heterocycles. The molecule has 2 amide bonds. The summed E-state index contributed by atoms with van der Waals surface area (Å²) in [6.45, 7) is 1.48. The van der Waals surface area contributed by atoms with Crippen molar-refractivity contribution in [3.05, 3.63) is 35.4 Å². The van der Waals surface area contributed by atoms with Gasteiger partial charge >= 0.3 is 0 Å². The molecule has 3 heterocycles. The molecule has 0 radical (unpaired) electrons. The highest BCUT2D eigenvalue weighted by Crippen LogP contribution is 2.31. The number of rotatable bonds is 4. The van der Waals surface area contributed by atoms with E-state index in [-0.39, 0.29) is 11.8 Å². The highest BCUT2D eigenvalue weighted by molar-refractivity contribution is 7.99. The number of carbonyl (C=O) groups is 2. The molecule has 0 atom stereocenters. The number of nitrogens with zero attached hydrogens (tertiary/aromatic N) is 3. The van der Waals surface area contributed by atoms with Crippen molar-refractivity contribution in [1.82, 2.24) is 20.1 Å². The van der Waals surface area contributed by atoms with E-state index in [1.807, 2.05) is 6.07 Å². The molecule has 0 saturated carbocycles. The smallest absolute Gasteiger partial charge is 0.251 e. The van der Waals surface area contributed by atoms with Crippen molar-refractivity contribution in [3.8, 4) is 0 Å². The van der Waals surface area contributed by atoms with Gasteiger partial charge in [-0.2, -0.15) is 0 Å². The van der Waals surface area contributed by atoms with Crippen LogP contribution in [0.15, 0.2) is 23.1 Å². The van der Waals surface area contributed by atoms with Gasteiger partial charge in [-0.3, -0.25) is 9.59 Å². The molecular formula is C17H19N5O2S. The second kappa shape index (κ2) is 6.87. The molecule has 0 aliphatic carbocycles. The predicted octanol–water partition coefficient (Wildman–Crippen LogP) is 1.63. The fraction of sp³-hybridized carbons (Fsp3) is 0.412. The lowest BCUT2D eigenvalue weighted by molar-refractivity contribution is -0.115. The standard InChI is InChI=1S/C17H19N5O2S/c23-16-6-9-25-13-4-3-11(10-12(13)19-16)17(24)18-7-5-15-21-20-14-2-1-8-22(14)15/h3-4,10H,1-2,5-9H2,(H,18,24)(H,19,23). The molecule has 2 aromatic rings. The van der Waals surface area contributed by atoms with Gasteiger partial charge in [-0.25, -0.2) is 0 Å². The second-order valence-electron chi connectivity index (χ2n) is 6.15. The number of fused-ring (bicyclic) bond motifs is 2. The molecule has 8 heteroatoms. The van der Waals surface area contributed by atoms with Crippen molar-refractivity contribution in [1.29, 1.82) is 0 Å². The molecule has 0 saturated heterocycles. The van der Waals surface area contributed by atoms with Crippen LogP contribution in [0.4, 0.5) is 5.69 Å². The number of hydrogen-bond acceptors (Lipinski definition) is 5. The molecule has 1 aromatic carbocycles. The summed E-state index contributed by atoms with van der Waals surface area (Å²) < 4.78 is 2.14. The van der Waals surface area contributed by atoms with Crippen LogP contribution in [0.3, 0.4) is 0 Å². The SMILES string of the molecule is O=C1CCSc2ccc(C(=O)NCCc3nnc4n3CCC4)cc2N1. The number of aromatic nitrogens is 3. The Kier molecular flexibility index (Phi) is 4.44. The lowest BCUT2D eigenvalue weighted by atomic mass is 10.2. The minimum absolute atomic E-state index is 0.00975. The Morgan fingerprint density at radius 2 is 2.24 bits per heavy atom. The summed E-state index contributed by atoms with van der Waals surface area (Å²) >= 11 is 1.63. The first-order valence-electron chi connectivity index (χ1n) is 8.46. The molecule has 130 valence electrons. The van der Waals surface area contributed by atoms with Crippen molar-refractivity contribution in [2.45, 2.75) is 37.1 Å². The lowest BCUT2D eigenvalue weighted by Crippen LogP contribution is -2.26. The summed E-state index contributed by atoms with van der Waals surface area (Å²) in [4.78, 5) is 25.1.